The lowest BCUT2D eigenvalue weighted by atomic mass is 9.71. The number of nitrogens with zero attached hydrogens (tertiary/aromatic N) is 1. The molecule has 1 unspecified atom stereocenters. The molecule has 106 valence electrons. The lowest BCUT2D eigenvalue weighted by Crippen LogP contribution is -2.46. The molecule has 1 fully saturated rings. The molecule has 1 saturated heterocycles. The molecule has 19 heavy (non-hydrogen) atoms. The summed E-state index contributed by atoms with van der Waals surface area (Å²) in [6, 6.07) is 0. The summed E-state index contributed by atoms with van der Waals surface area (Å²) in [5.74, 6) is 0.261. The van der Waals surface area contributed by atoms with Crippen molar-refractivity contribution in [3.63, 3.8) is 0 Å². The van der Waals surface area contributed by atoms with Crippen LogP contribution in [0.15, 0.2) is 11.8 Å². The van der Waals surface area contributed by atoms with E-state index in [-0.39, 0.29) is 17.3 Å². The smallest absolute Gasteiger partial charge is 0.414 e. The molecule has 0 aromatic carbocycles. The van der Waals surface area contributed by atoms with Crippen LogP contribution in [0.1, 0.15) is 53.4 Å². The minimum atomic E-state index is -0.490. The normalized spacial score (nSPS) is 27.7. The molecule has 1 amide bonds. The molecule has 2 aliphatic rings. The minimum absolute atomic E-state index is 0.190. The number of Topliss-reactive ketones (excluding diaryl/α,β-unsaturated/α-hetero) is 1. The van der Waals surface area contributed by atoms with Gasteiger partial charge in [0.1, 0.15) is 11.4 Å². The fourth-order valence-corrected chi connectivity index (χ4v) is 2.96. The highest BCUT2D eigenvalue weighted by molar-refractivity contribution is 5.83. The fraction of sp³-hybridized carbons (Fsp3) is 0.733. The Labute approximate surface area is 114 Å². The Morgan fingerprint density at radius 3 is 2.74 bits per heavy atom. The topological polar surface area (TPSA) is 46.6 Å². The molecule has 1 heterocycles. The molecule has 0 bridgehead atoms. The second-order valence-electron chi connectivity index (χ2n) is 6.81. The highest BCUT2D eigenvalue weighted by atomic mass is 16.6. The SMILES string of the molecule is CC(C)(C)OC(=O)N1CCCC2(C)CC(=O)CC=C12. The van der Waals surface area contributed by atoms with Gasteiger partial charge in [0.25, 0.3) is 0 Å². The van der Waals surface area contributed by atoms with Crippen LogP contribution in [0.3, 0.4) is 0 Å². The Kier molecular flexibility index (Phi) is 3.45. The standard InChI is InChI=1S/C15H23NO3/c1-14(2,3)19-13(18)16-9-5-8-15(4)10-11(17)6-7-12(15)16/h7H,5-6,8-10H2,1-4H3. The Balaban J connectivity index is 2.22. The summed E-state index contributed by atoms with van der Waals surface area (Å²) in [6.07, 6.45) is 4.47. The molecule has 1 aliphatic carbocycles. The summed E-state index contributed by atoms with van der Waals surface area (Å²) >= 11 is 0. The number of fused-ring (bicyclic) bond motifs is 1. The Morgan fingerprint density at radius 2 is 2.11 bits per heavy atom. The van der Waals surface area contributed by atoms with E-state index in [0.717, 1.165) is 18.5 Å². The van der Waals surface area contributed by atoms with Crippen molar-refractivity contribution in [2.24, 2.45) is 5.41 Å². The van der Waals surface area contributed by atoms with E-state index in [1.807, 2.05) is 26.8 Å². The number of hydrogen-bond acceptors (Lipinski definition) is 3. The molecule has 0 radical (unpaired) electrons. The zero-order valence-corrected chi connectivity index (χ0v) is 12.3. The predicted octanol–water partition coefficient (Wildman–Crippen LogP) is 3.27. The number of likely N-dealkylation sites (tertiary alicyclic amines) is 1. The lowest BCUT2D eigenvalue weighted by molar-refractivity contribution is -0.121. The largest absolute Gasteiger partial charge is 0.443 e. The highest BCUT2D eigenvalue weighted by Gasteiger charge is 2.42. The molecule has 0 spiro atoms. The van der Waals surface area contributed by atoms with Crippen LogP contribution in [0.4, 0.5) is 4.79 Å². The third-order valence-corrected chi connectivity index (χ3v) is 3.74. The second kappa shape index (κ2) is 4.66. The maximum atomic E-state index is 12.3. The predicted molar refractivity (Wildman–Crippen MR) is 72.6 cm³/mol. The number of piperidine rings is 1. The van der Waals surface area contributed by atoms with Gasteiger partial charge in [-0.3, -0.25) is 9.69 Å². The van der Waals surface area contributed by atoms with Gasteiger partial charge in [0.05, 0.1) is 0 Å². The Bertz CT molecular complexity index is 433. The first-order valence-electron chi connectivity index (χ1n) is 6.94. The lowest BCUT2D eigenvalue weighted by Gasteiger charge is -2.44. The quantitative estimate of drug-likeness (QED) is 0.675. The first-order chi connectivity index (χ1) is 8.71. The number of ketones is 1. The molecule has 0 N–H and O–H groups in total. The van der Waals surface area contributed by atoms with Gasteiger partial charge in [0.2, 0.25) is 0 Å². The van der Waals surface area contributed by atoms with Crippen LogP contribution in [-0.4, -0.2) is 28.9 Å². The van der Waals surface area contributed by atoms with E-state index in [1.165, 1.54) is 0 Å². The van der Waals surface area contributed by atoms with Gasteiger partial charge < -0.3 is 4.74 Å². The molecule has 0 aromatic rings. The summed E-state index contributed by atoms with van der Waals surface area (Å²) in [5.41, 5.74) is 0.299. The minimum Gasteiger partial charge on any atom is -0.443 e. The first kappa shape index (κ1) is 14.1. The number of amides is 1. The number of hydrogen-bond donors (Lipinski definition) is 0. The van der Waals surface area contributed by atoms with Gasteiger partial charge in [0.15, 0.2) is 0 Å². The van der Waals surface area contributed by atoms with Crippen LogP contribution >= 0.6 is 0 Å². The number of carbonyl (C=O) groups is 2. The summed E-state index contributed by atoms with van der Waals surface area (Å²) in [4.78, 5) is 25.6. The molecule has 2 rings (SSSR count). The maximum Gasteiger partial charge on any atom is 0.414 e. The van der Waals surface area contributed by atoms with E-state index >= 15 is 0 Å². The van der Waals surface area contributed by atoms with Crippen molar-refractivity contribution in [2.45, 2.75) is 59.0 Å². The number of ether oxygens (including phenoxy) is 1. The van der Waals surface area contributed by atoms with Gasteiger partial charge in [-0.1, -0.05) is 13.0 Å². The van der Waals surface area contributed by atoms with Gasteiger partial charge in [0, 0.05) is 30.5 Å². The molecule has 1 atom stereocenters. The summed E-state index contributed by atoms with van der Waals surface area (Å²) in [6.45, 7) is 8.36. The van der Waals surface area contributed by atoms with E-state index in [2.05, 4.69) is 6.92 Å². The van der Waals surface area contributed by atoms with Crippen molar-refractivity contribution in [1.82, 2.24) is 4.90 Å². The van der Waals surface area contributed by atoms with Crippen LogP contribution in [0.2, 0.25) is 0 Å². The van der Waals surface area contributed by atoms with Crippen LogP contribution in [-0.2, 0) is 9.53 Å². The van der Waals surface area contributed by atoms with E-state index in [0.29, 0.717) is 19.4 Å². The molecular formula is C15H23NO3. The molecule has 1 aliphatic heterocycles. The zero-order valence-electron chi connectivity index (χ0n) is 12.3. The van der Waals surface area contributed by atoms with Crippen LogP contribution < -0.4 is 0 Å². The zero-order chi connectivity index (χ0) is 14.3. The van der Waals surface area contributed by atoms with E-state index in [9.17, 15) is 9.59 Å². The number of carbonyl (C=O) groups excluding carboxylic acids is 2. The van der Waals surface area contributed by atoms with Crippen molar-refractivity contribution in [3.05, 3.63) is 11.8 Å². The van der Waals surface area contributed by atoms with E-state index < -0.39 is 5.60 Å². The van der Waals surface area contributed by atoms with Crippen LogP contribution in [0, 0.1) is 5.41 Å². The summed E-state index contributed by atoms with van der Waals surface area (Å²) in [7, 11) is 0. The van der Waals surface area contributed by atoms with Crippen molar-refractivity contribution < 1.29 is 14.3 Å². The Morgan fingerprint density at radius 1 is 1.42 bits per heavy atom. The van der Waals surface area contributed by atoms with Crippen molar-refractivity contribution in [3.8, 4) is 0 Å². The van der Waals surface area contributed by atoms with Crippen molar-refractivity contribution in [1.29, 1.82) is 0 Å². The Hall–Kier alpha value is -1.32. The average molecular weight is 265 g/mol. The highest BCUT2D eigenvalue weighted by Crippen LogP contribution is 2.45. The summed E-state index contributed by atoms with van der Waals surface area (Å²) in [5, 5.41) is 0. The fourth-order valence-electron chi connectivity index (χ4n) is 2.96. The van der Waals surface area contributed by atoms with Crippen molar-refractivity contribution in [2.75, 3.05) is 6.54 Å². The average Bonchev–Trinajstić information content (AvgIpc) is 2.24. The van der Waals surface area contributed by atoms with Gasteiger partial charge in [-0.2, -0.15) is 0 Å². The number of allylic oxidation sites excluding steroid dienone is 2. The first-order valence-corrected chi connectivity index (χ1v) is 6.94. The van der Waals surface area contributed by atoms with Crippen molar-refractivity contribution >= 4 is 11.9 Å². The third kappa shape index (κ3) is 2.99. The van der Waals surface area contributed by atoms with Crippen LogP contribution in [0.5, 0.6) is 0 Å². The molecule has 0 saturated carbocycles. The third-order valence-electron chi connectivity index (χ3n) is 3.74. The second-order valence-corrected chi connectivity index (χ2v) is 6.81. The van der Waals surface area contributed by atoms with Gasteiger partial charge in [-0.05, 0) is 33.6 Å². The van der Waals surface area contributed by atoms with Gasteiger partial charge in [-0.25, -0.2) is 4.79 Å². The number of rotatable bonds is 0. The van der Waals surface area contributed by atoms with E-state index in [4.69, 9.17) is 4.74 Å². The summed E-state index contributed by atoms with van der Waals surface area (Å²) < 4.78 is 5.46. The molecule has 4 heteroatoms. The molecule has 4 nitrogen and oxygen atoms in total. The van der Waals surface area contributed by atoms with Crippen LogP contribution in [0.25, 0.3) is 0 Å². The maximum absolute atomic E-state index is 12.3. The molecule has 0 aromatic heterocycles. The van der Waals surface area contributed by atoms with Gasteiger partial charge >= 0.3 is 6.09 Å². The molecular weight excluding hydrogens is 242 g/mol. The van der Waals surface area contributed by atoms with Gasteiger partial charge in [-0.15, -0.1) is 0 Å². The monoisotopic (exact) mass is 265 g/mol. The van der Waals surface area contributed by atoms with E-state index in [1.54, 1.807) is 4.90 Å².